The van der Waals surface area contributed by atoms with Gasteiger partial charge in [-0.3, -0.25) is 4.90 Å². The van der Waals surface area contributed by atoms with E-state index in [2.05, 4.69) is 31.8 Å². The van der Waals surface area contributed by atoms with Crippen LogP contribution in [0.15, 0.2) is 97.5 Å². The van der Waals surface area contributed by atoms with Crippen LogP contribution >= 0.6 is 11.3 Å². The molecular weight excluding hydrogens is 836 g/mol. The molecule has 4 aromatic carbocycles. The molecule has 0 radical (unpaired) electrons. The van der Waals surface area contributed by atoms with Gasteiger partial charge in [0.25, 0.3) is 0 Å². The van der Waals surface area contributed by atoms with E-state index in [-0.39, 0.29) is 37.4 Å². The highest BCUT2D eigenvalue weighted by molar-refractivity contribution is 7.22. The summed E-state index contributed by atoms with van der Waals surface area (Å²) in [6.45, 7) is 8.65. The molecule has 4 bridgehead atoms. The monoisotopic (exact) mass is 882 g/mol. The minimum Gasteiger partial charge on any atom is -0.496 e. The molecule has 15 heteroatoms. The van der Waals surface area contributed by atoms with Crippen LogP contribution in [0.2, 0.25) is 0 Å². The van der Waals surface area contributed by atoms with E-state index in [9.17, 15) is 14.3 Å². The lowest BCUT2D eigenvalue weighted by atomic mass is 9.92. The molecule has 10 rings (SSSR count). The standard InChI is InChI=1S/C49H47FN6O7S/c1-29-21-36-22-30(2)42(29)43-44-47(52-28-53-48(44)64-45(43)31-9-11-33(50)12-10-31)63-41(49(57)58)24-32-23-35(60-27-37(62-36)25-56-19-17-55(3)18-20-56)13-14-39(32)61-26-34-15-16-51-46(54-34)38-7-5-6-8-40(38)59-4/h5-16,21-23,28,37,41H,17-20,24-27H2,1-4H3,(H,57,58)/t37-,41-/m1/s1. The maximum atomic E-state index is 14.3. The molecule has 0 spiro atoms. The van der Waals surface area contributed by atoms with Gasteiger partial charge in [0, 0.05) is 61.3 Å². The SMILES string of the molecule is COc1ccccc1-c1nccc(COc2ccc3cc2C[C@H](C(=O)O)Oc2ncnc4sc(-c5ccc(F)cc5)c(c24)-c2c(C)cc(cc2C)O[C@H](CN2CCN(C)CC2)CO3)n1. The van der Waals surface area contributed by atoms with Crippen molar-refractivity contribution in [3.05, 3.63) is 126 Å². The topological polar surface area (TPSA) is 141 Å². The molecule has 1 N–H and O–H groups in total. The third kappa shape index (κ3) is 9.18. The summed E-state index contributed by atoms with van der Waals surface area (Å²) in [6, 6.07) is 25.0. The highest BCUT2D eigenvalue weighted by Crippen LogP contribution is 2.49. The van der Waals surface area contributed by atoms with Gasteiger partial charge in [0.05, 0.1) is 23.8 Å². The van der Waals surface area contributed by atoms with Gasteiger partial charge in [-0.05, 0) is 104 Å². The van der Waals surface area contributed by atoms with Gasteiger partial charge in [0.2, 0.25) is 12.0 Å². The van der Waals surface area contributed by atoms with Crippen molar-refractivity contribution in [1.29, 1.82) is 0 Å². The van der Waals surface area contributed by atoms with Crippen molar-refractivity contribution < 1.29 is 38.0 Å². The Bertz CT molecular complexity index is 2790. The molecule has 2 atom stereocenters. The smallest absolute Gasteiger partial charge is 0.345 e. The third-order valence-electron chi connectivity index (χ3n) is 11.5. The first-order chi connectivity index (χ1) is 31.1. The summed E-state index contributed by atoms with van der Waals surface area (Å²) >= 11 is 1.41. The number of halogens is 1. The number of ether oxygens (including phenoxy) is 5. The van der Waals surface area contributed by atoms with Crippen LogP contribution in [0.1, 0.15) is 22.4 Å². The fourth-order valence-electron chi connectivity index (χ4n) is 8.30. The number of nitrogens with zero attached hydrogens (tertiary/aromatic N) is 6. The zero-order valence-corrected chi connectivity index (χ0v) is 36.7. The number of aliphatic carboxylic acids is 1. The second-order valence-electron chi connectivity index (χ2n) is 16.0. The number of hydrogen-bond donors (Lipinski definition) is 1. The first-order valence-corrected chi connectivity index (χ1v) is 21.9. The number of para-hydroxylation sites is 1. The van der Waals surface area contributed by atoms with Crippen LogP contribution in [0.4, 0.5) is 4.39 Å². The van der Waals surface area contributed by atoms with E-state index in [1.54, 1.807) is 43.6 Å². The number of benzene rings is 4. The van der Waals surface area contributed by atoms with E-state index >= 15 is 0 Å². The molecule has 0 unspecified atom stereocenters. The van der Waals surface area contributed by atoms with Crippen molar-refractivity contribution >= 4 is 27.5 Å². The number of aromatic nitrogens is 4. The zero-order valence-electron chi connectivity index (χ0n) is 35.9. The number of carboxylic acids is 1. The summed E-state index contributed by atoms with van der Waals surface area (Å²) in [5.41, 5.74) is 6.12. The van der Waals surface area contributed by atoms with Crippen molar-refractivity contribution in [1.82, 2.24) is 29.7 Å². The van der Waals surface area contributed by atoms with Gasteiger partial charge < -0.3 is 33.7 Å². The molecule has 1 fully saturated rings. The van der Waals surface area contributed by atoms with Crippen LogP contribution < -0.4 is 23.7 Å². The fraction of sp³-hybridized carbons (Fsp3) is 0.286. The number of aryl methyl sites for hydroxylation is 2. The summed E-state index contributed by atoms with van der Waals surface area (Å²) in [4.78, 5) is 37.8. The lowest BCUT2D eigenvalue weighted by Gasteiger charge is -2.34. The molecule has 3 aliphatic heterocycles. The average Bonchev–Trinajstić information content (AvgIpc) is 3.68. The van der Waals surface area contributed by atoms with Crippen molar-refractivity contribution in [3.8, 4) is 61.8 Å². The van der Waals surface area contributed by atoms with Crippen LogP contribution in [-0.4, -0.2) is 107 Å². The summed E-state index contributed by atoms with van der Waals surface area (Å²) in [7, 11) is 3.73. The van der Waals surface area contributed by atoms with Crippen molar-refractivity contribution in [3.63, 3.8) is 0 Å². The molecule has 0 saturated carbocycles. The van der Waals surface area contributed by atoms with E-state index in [4.69, 9.17) is 28.7 Å². The molecule has 6 heterocycles. The number of carboxylic acid groups (broad SMARTS) is 1. The fourth-order valence-corrected chi connectivity index (χ4v) is 9.44. The molecular formula is C49H47FN6O7S. The van der Waals surface area contributed by atoms with Gasteiger partial charge in [-0.2, -0.15) is 0 Å². The van der Waals surface area contributed by atoms with Crippen LogP contribution in [0.3, 0.4) is 0 Å². The summed E-state index contributed by atoms with van der Waals surface area (Å²) in [5, 5.41) is 11.4. The molecule has 1 saturated heterocycles. The average molecular weight is 883 g/mol. The van der Waals surface area contributed by atoms with Gasteiger partial charge in [-0.1, -0.05) is 24.3 Å². The molecule has 0 amide bonds. The van der Waals surface area contributed by atoms with E-state index in [0.717, 1.165) is 64.4 Å². The van der Waals surface area contributed by atoms with Crippen LogP contribution in [-0.2, 0) is 17.8 Å². The highest BCUT2D eigenvalue weighted by atomic mass is 32.1. The molecule has 3 aliphatic rings. The summed E-state index contributed by atoms with van der Waals surface area (Å²) in [6.07, 6.45) is 1.15. The Balaban J connectivity index is 1.13. The highest BCUT2D eigenvalue weighted by Gasteiger charge is 2.30. The second-order valence-corrected chi connectivity index (χ2v) is 17.0. The number of rotatable bonds is 9. The Morgan fingerprint density at radius 1 is 0.891 bits per heavy atom. The molecule has 328 valence electrons. The van der Waals surface area contributed by atoms with Crippen molar-refractivity contribution in [2.45, 2.75) is 39.1 Å². The molecule has 64 heavy (non-hydrogen) atoms. The van der Waals surface area contributed by atoms with Crippen LogP contribution in [0, 0.1) is 19.7 Å². The van der Waals surface area contributed by atoms with Crippen LogP contribution in [0.5, 0.6) is 28.9 Å². The Morgan fingerprint density at radius 3 is 2.44 bits per heavy atom. The molecule has 3 aromatic heterocycles. The van der Waals surface area contributed by atoms with E-state index in [1.807, 2.05) is 56.3 Å². The Kier molecular flexibility index (Phi) is 12.4. The maximum absolute atomic E-state index is 14.3. The minimum absolute atomic E-state index is 0.0598. The van der Waals surface area contributed by atoms with Crippen molar-refractivity contribution in [2.75, 3.05) is 53.5 Å². The van der Waals surface area contributed by atoms with Gasteiger partial charge in [0.15, 0.2) is 5.82 Å². The quantitative estimate of drug-likeness (QED) is 0.149. The van der Waals surface area contributed by atoms with E-state index < -0.39 is 12.1 Å². The Hall–Kier alpha value is -6.68. The number of piperazine rings is 1. The predicted molar refractivity (Wildman–Crippen MR) is 242 cm³/mol. The van der Waals surface area contributed by atoms with E-state index in [1.165, 1.54) is 29.8 Å². The lowest BCUT2D eigenvalue weighted by Crippen LogP contribution is -2.49. The molecule has 13 nitrogen and oxygen atoms in total. The Morgan fingerprint density at radius 2 is 1.67 bits per heavy atom. The van der Waals surface area contributed by atoms with Gasteiger partial charge in [0.1, 0.15) is 59.3 Å². The predicted octanol–water partition coefficient (Wildman–Crippen LogP) is 8.29. The number of hydrogen-bond acceptors (Lipinski definition) is 13. The van der Waals surface area contributed by atoms with E-state index in [0.29, 0.717) is 56.8 Å². The number of fused-ring (bicyclic) bond motifs is 7. The summed E-state index contributed by atoms with van der Waals surface area (Å²) < 4.78 is 46.1. The maximum Gasteiger partial charge on any atom is 0.345 e. The van der Waals surface area contributed by atoms with Crippen LogP contribution in [0.25, 0.3) is 43.2 Å². The number of thiophene rings is 1. The lowest BCUT2D eigenvalue weighted by molar-refractivity contribution is -0.145. The normalized spacial score (nSPS) is 17.0. The zero-order chi connectivity index (χ0) is 44.3. The summed E-state index contributed by atoms with van der Waals surface area (Å²) in [5.74, 6) is 1.29. The van der Waals surface area contributed by atoms with Gasteiger partial charge in [-0.25, -0.2) is 29.1 Å². The number of methoxy groups -OCH3 is 1. The first-order valence-electron chi connectivity index (χ1n) is 21.1. The number of carbonyl (C=O) groups is 1. The minimum atomic E-state index is -1.41. The van der Waals surface area contributed by atoms with Crippen molar-refractivity contribution in [2.24, 2.45) is 0 Å². The van der Waals surface area contributed by atoms with Gasteiger partial charge >= 0.3 is 5.97 Å². The largest absolute Gasteiger partial charge is 0.496 e. The third-order valence-corrected chi connectivity index (χ3v) is 12.7. The van der Waals surface area contributed by atoms with Gasteiger partial charge in [-0.15, -0.1) is 11.3 Å². The second kappa shape index (κ2) is 18.6. The Labute approximate surface area is 374 Å². The first kappa shape index (κ1) is 42.6. The number of likely N-dealkylation sites (N-methyl/N-ethyl adjacent to an activating group) is 1. The molecule has 0 aliphatic carbocycles. The molecule has 7 aromatic rings.